The number of aromatic nitrogens is 2. The molecule has 17 heavy (non-hydrogen) atoms. The highest BCUT2D eigenvalue weighted by molar-refractivity contribution is 5.53. The minimum Gasteiger partial charge on any atom is -0.488 e. The van der Waals surface area contributed by atoms with Gasteiger partial charge in [-0.05, 0) is 31.2 Å². The van der Waals surface area contributed by atoms with E-state index in [0.717, 1.165) is 11.3 Å². The van der Waals surface area contributed by atoms with Crippen LogP contribution in [0.4, 0.5) is 0 Å². The smallest absolute Gasteiger partial charge is 0.247 e. The molecule has 2 rings (SSSR count). The van der Waals surface area contributed by atoms with Crippen LogP contribution in [0, 0.1) is 0 Å². The molecule has 0 saturated heterocycles. The molecule has 0 aliphatic rings. The van der Waals surface area contributed by atoms with Gasteiger partial charge in [0.2, 0.25) is 12.3 Å². The lowest BCUT2D eigenvalue weighted by Gasteiger charge is -2.13. The molecule has 0 fully saturated rings. The first-order valence-electron chi connectivity index (χ1n) is 5.32. The van der Waals surface area contributed by atoms with Crippen molar-refractivity contribution in [3.05, 3.63) is 30.7 Å². The molecule has 90 valence electrons. The van der Waals surface area contributed by atoms with Crippen molar-refractivity contribution in [1.82, 2.24) is 10.2 Å². The first kappa shape index (κ1) is 11.6. The third kappa shape index (κ3) is 3.04. The zero-order chi connectivity index (χ0) is 12.1. The Balaban J connectivity index is 2.03. The van der Waals surface area contributed by atoms with Gasteiger partial charge >= 0.3 is 0 Å². The topological polar surface area (TPSA) is 57.4 Å². The molecule has 0 spiro atoms. The van der Waals surface area contributed by atoms with Crippen molar-refractivity contribution < 1.29 is 13.9 Å². The molecule has 0 unspecified atom stereocenters. The van der Waals surface area contributed by atoms with E-state index in [1.807, 2.05) is 31.2 Å². The fourth-order valence-electron chi connectivity index (χ4n) is 1.48. The van der Waals surface area contributed by atoms with Crippen molar-refractivity contribution in [3.63, 3.8) is 0 Å². The van der Waals surface area contributed by atoms with Gasteiger partial charge < -0.3 is 13.9 Å². The van der Waals surface area contributed by atoms with E-state index in [4.69, 9.17) is 13.9 Å². The molecule has 5 nitrogen and oxygen atoms in total. The van der Waals surface area contributed by atoms with Crippen LogP contribution in [0.3, 0.4) is 0 Å². The molecule has 0 radical (unpaired) electrons. The fourth-order valence-corrected chi connectivity index (χ4v) is 1.48. The highest BCUT2D eigenvalue weighted by atomic mass is 16.5. The second-order valence-corrected chi connectivity index (χ2v) is 3.65. The average molecular weight is 234 g/mol. The van der Waals surface area contributed by atoms with Crippen molar-refractivity contribution in [2.75, 3.05) is 13.7 Å². The quantitative estimate of drug-likeness (QED) is 0.793. The van der Waals surface area contributed by atoms with Crippen LogP contribution in [0.15, 0.2) is 35.1 Å². The Morgan fingerprint density at radius 2 is 2.06 bits per heavy atom. The maximum Gasteiger partial charge on any atom is 0.247 e. The van der Waals surface area contributed by atoms with Gasteiger partial charge in [-0.15, -0.1) is 10.2 Å². The molecule has 0 amide bonds. The van der Waals surface area contributed by atoms with Crippen LogP contribution in [0.1, 0.15) is 6.92 Å². The standard InChI is InChI=1S/C12H14N2O3/c1-9(7-15-2)17-11-5-3-10(4-6-11)12-14-13-8-16-12/h3-6,8-9H,7H2,1-2H3/t9-/m1/s1. The van der Waals surface area contributed by atoms with E-state index < -0.39 is 0 Å². The van der Waals surface area contributed by atoms with E-state index in [1.54, 1.807) is 7.11 Å². The lowest BCUT2D eigenvalue weighted by Crippen LogP contribution is -2.17. The van der Waals surface area contributed by atoms with Crippen LogP contribution in [0.2, 0.25) is 0 Å². The fraction of sp³-hybridized carbons (Fsp3) is 0.333. The van der Waals surface area contributed by atoms with Gasteiger partial charge in [-0.3, -0.25) is 0 Å². The predicted octanol–water partition coefficient (Wildman–Crippen LogP) is 2.15. The third-order valence-electron chi connectivity index (χ3n) is 2.20. The summed E-state index contributed by atoms with van der Waals surface area (Å²) in [5.41, 5.74) is 0.870. The summed E-state index contributed by atoms with van der Waals surface area (Å²) in [7, 11) is 1.65. The second-order valence-electron chi connectivity index (χ2n) is 3.65. The average Bonchev–Trinajstić information content (AvgIpc) is 2.84. The number of rotatable bonds is 5. The lowest BCUT2D eigenvalue weighted by atomic mass is 10.2. The molecular weight excluding hydrogens is 220 g/mol. The summed E-state index contributed by atoms with van der Waals surface area (Å²) >= 11 is 0. The van der Waals surface area contributed by atoms with Crippen LogP contribution < -0.4 is 4.74 Å². The number of nitrogens with zero attached hydrogens (tertiary/aromatic N) is 2. The summed E-state index contributed by atoms with van der Waals surface area (Å²) in [6.07, 6.45) is 1.33. The SMILES string of the molecule is COC[C@@H](C)Oc1ccc(-c2nnco2)cc1. The molecule has 0 aliphatic carbocycles. The molecule has 2 aromatic rings. The minimum absolute atomic E-state index is 0.0225. The van der Waals surface area contributed by atoms with Crippen LogP contribution in [-0.2, 0) is 4.74 Å². The Hall–Kier alpha value is -1.88. The molecule has 1 aromatic heterocycles. The Bertz CT molecular complexity index is 439. The van der Waals surface area contributed by atoms with Gasteiger partial charge in [0, 0.05) is 12.7 Å². The summed E-state index contributed by atoms with van der Waals surface area (Å²) in [5.74, 6) is 1.29. The van der Waals surface area contributed by atoms with E-state index >= 15 is 0 Å². The maximum absolute atomic E-state index is 5.64. The van der Waals surface area contributed by atoms with E-state index in [2.05, 4.69) is 10.2 Å². The van der Waals surface area contributed by atoms with Crippen molar-refractivity contribution in [1.29, 1.82) is 0 Å². The van der Waals surface area contributed by atoms with Crippen molar-refractivity contribution in [2.45, 2.75) is 13.0 Å². The molecule has 0 bridgehead atoms. The molecule has 0 N–H and O–H groups in total. The largest absolute Gasteiger partial charge is 0.488 e. The number of hydrogen-bond acceptors (Lipinski definition) is 5. The molecule has 0 saturated carbocycles. The highest BCUT2D eigenvalue weighted by Crippen LogP contribution is 2.20. The van der Waals surface area contributed by atoms with Gasteiger partial charge in [0.25, 0.3) is 0 Å². The van der Waals surface area contributed by atoms with Crippen LogP contribution in [0.5, 0.6) is 5.75 Å². The van der Waals surface area contributed by atoms with Gasteiger partial charge in [0.05, 0.1) is 6.61 Å². The van der Waals surface area contributed by atoms with Crippen LogP contribution >= 0.6 is 0 Å². The first-order valence-corrected chi connectivity index (χ1v) is 5.32. The summed E-state index contributed by atoms with van der Waals surface area (Å²) in [6.45, 7) is 2.51. The van der Waals surface area contributed by atoms with Gasteiger partial charge in [0.1, 0.15) is 11.9 Å². The summed E-state index contributed by atoms with van der Waals surface area (Å²) in [4.78, 5) is 0. The van der Waals surface area contributed by atoms with E-state index in [-0.39, 0.29) is 6.10 Å². The molecular formula is C12H14N2O3. The van der Waals surface area contributed by atoms with Gasteiger partial charge in [-0.25, -0.2) is 0 Å². The molecule has 1 atom stereocenters. The summed E-state index contributed by atoms with van der Waals surface area (Å²) in [6, 6.07) is 7.49. The van der Waals surface area contributed by atoms with Crippen LogP contribution in [-0.4, -0.2) is 30.0 Å². The molecule has 0 aliphatic heterocycles. The Labute approximate surface area is 99.4 Å². The minimum atomic E-state index is 0.0225. The number of benzene rings is 1. The normalized spacial score (nSPS) is 12.4. The Morgan fingerprint density at radius 3 is 2.65 bits per heavy atom. The second kappa shape index (κ2) is 5.45. The monoisotopic (exact) mass is 234 g/mol. The maximum atomic E-state index is 5.64. The van der Waals surface area contributed by atoms with Crippen molar-refractivity contribution >= 4 is 0 Å². The van der Waals surface area contributed by atoms with Gasteiger partial charge in [-0.1, -0.05) is 0 Å². The van der Waals surface area contributed by atoms with Crippen molar-refractivity contribution in [3.8, 4) is 17.2 Å². The zero-order valence-electron chi connectivity index (χ0n) is 9.79. The molecule has 1 aromatic carbocycles. The van der Waals surface area contributed by atoms with Gasteiger partial charge in [0.15, 0.2) is 0 Å². The Morgan fingerprint density at radius 1 is 1.29 bits per heavy atom. The summed E-state index contributed by atoms with van der Waals surface area (Å²) in [5, 5.41) is 7.46. The Kier molecular flexibility index (Phi) is 3.72. The lowest BCUT2D eigenvalue weighted by molar-refractivity contribution is 0.0921. The summed E-state index contributed by atoms with van der Waals surface area (Å²) < 4.78 is 15.7. The van der Waals surface area contributed by atoms with E-state index in [1.165, 1.54) is 6.39 Å². The van der Waals surface area contributed by atoms with E-state index in [0.29, 0.717) is 12.5 Å². The number of hydrogen-bond donors (Lipinski definition) is 0. The van der Waals surface area contributed by atoms with E-state index in [9.17, 15) is 0 Å². The zero-order valence-corrected chi connectivity index (χ0v) is 9.79. The van der Waals surface area contributed by atoms with Crippen molar-refractivity contribution in [2.24, 2.45) is 0 Å². The van der Waals surface area contributed by atoms with Gasteiger partial charge in [-0.2, -0.15) is 0 Å². The molecule has 5 heteroatoms. The third-order valence-corrected chi connectivity index (χ3v) is 2.20. The first-order chi connectivity index (χ1) is 8.29. The number of methoxy groups -OCH3 is 1. The number of ether oxygens (including phenoxy) is 2. The highest BCUT2D eigenvalue weighted by Gasteiger charge is 2.06. The molecule has 1 heterocycles. The van der Waals surface area contributed by atoms with Crippen LogP contribution in [0.25, 0.3) is 11.5 Å². The predicted molar refractivity (Wildman–Crippen MR) is 61.7 cm³/mol.